The van der Waals surface area contributed by atoms with E-state index in [-0.39, 0.29) is 0 Å². The molecule has 1 aromatic heterocycles. The van der Waals surface area contributed by atoms with Crippen molar-refractivity contribution < 1.29 is 4.52 Å². The van der Waals surface area contributed by atoms with E-state index >= 15 is 0 Å². The van der Waals surface area contributed by atoms with Gasteiger partial charge in [-0.05, 0) is 48.1 Å². The van der Waals surface area contributed by atoms with Crippen molar-refractivity contribution in [3.05, 3.63) is 65.7 Å². The molecule has 3 aromatic rings. The predicted molar refractivity (Wildman–Crippen MR) is 111 cm³/mol. The van der Waals surface area contributed by atoms with Crippen LogP contribution in [0.25, 0.3) is 28.7 Å². The monoisotopic (exact) mass is 356 g/mol. The Kier molecular flexibility index (Phi) is 4.08. The van der Waals surface area contributed by atoms with Crippen LogP contribution >= 0.6 is 0 Å². The summed E-state index contributed by atoms with van der Waals surface area (Å²) in [6, 6.07) is 16.9. The van der Waals surface area contributed by atoms with Gasteiger partial charge < -0.3 is 9.84 Å². The van der Waals surface area contributed by atoms with Gasteiger partial charge in [-0.1, -0.05) is 54.4 Å². The number of allylic oxidation sites excluding steroid dienone is 1. The van der Waals surface area contributed by atoms with E-state index in [1.165, 1.54) is 36.8 Å². The number of benzene rings is 2. The van der Waals surface area contributed by atoms with Crippen molar-refractivity contribution in [2.45, 2.75) is 31.6 Å². The minimum absolute atomic E-state index is 0.604. The minimum Gasteiger partial charge on any atom is -0.388 e. The number of nitrogens with zero attached hydrogens (tertiary/aromatic N) is 1. The number of fused-ring (bicyclic) bond motifs is 1. The Morgan fingerprint density at radius 3 is 2.74 bits per heavy atom. The number of anilines is 1. The highest BCUT2D eigenvalue weighted by molar-refractivity contribution is 5.78. The van der Waals surface area contributed by atoms with Crippen molar-refractivity contribution >= 4 is 11.8 Å². The smallest absolute Gasteiger partial charge is 0.169 e. The first-order valence-corrected chi connectivity index (χ1v) is 9.90. The third-order valence-corrected chi connectivity index (χ3v) is 6.10. The summed E-state index contributed by atoms with van der Waals surface area (Å²) in [7, 11) is 1.92. The fourth-order valence-corrected chi connectivity index (χ4v) is 4.67. The maximum absolute atomic E-state index is 5.66. The molecule has 136 valence electrons. The molecule has 0 radical (unpaired) electrons. The van der Waals surface area contributed by atoms with Gasteiger partial charge in [0, 0.05) is 35.8 Å². The van der Waals surface area contributed by atoms with Crippen LogP contribution < -0.4 is 5.32 Å². The molecule has 1 unspecified atom stereocenters. The molecule has 2 aromatic carbocycles. The molecule has 1 fully saturated rings. The highest BCUT2D eigenvalue weighted by atomic mass is 16.5. The van der Waals surface area contributed by atoms with Crippen molar-refractivity contribution in [2.24, 2.45) is 5.92 Å². The van der Waals surface area contributed by atoms with Gasteiger partial charge in [-0.25, -0.2) is 0 Å². The molecule has 1 N–H and O–H groups in total. The second kappa shape index (κ2) is 6.73. The number of nitrogens with one attached hydrogen (secondary N) is 1. The van der Waals surface area contributed by atoms with Crippen LogP contribution in [0.4, 0.5) is 5.69 Å². The van der Waals surface area contributed by atoms with Crippen LogP contribution in [0, 0.1) is 5.92 Å². The SMILES string of the molecule is CNc1ccccc1-c1cc(-c2ccc3c(c2)C=CC3C2CCCC2)no1. The van der Waals surface area contributed by atoms with Crippen LogP contribution in [0.5, 0.6) is 0 Å². The minimum atomic E-state index is 0.604. The van der Waals surface area contributed by atoms with Crippen molar-refractivity contribution in [3.63, 3.8) is 0 Å². The summed E-state index contributed by atoms with van der Waals surface area (Å²) in [5.41, 5.74) is 6.89. The first kappa shape index (κ1) is 16.4. The number of rotatable bonds is 4. The summed E-state index contributed by atoms with van der Waals surface area (Å²) in [6.07, 6.45) is 10.2. The zero-order chi connectivity index (χ0) is 18.2. The molecule has 3 heteroatoms. The average Bonchev–Trinajstić information content (AvgIpc) is 3.47. The molecule has 0 spiro atoms. The second-order valence-corrected chi connectivity index (χ2v) is 7.65. The summed E-state index contributed by atoms with van der Waals surface area (Å²) in [5, 5.41) is 7.54. The molecule has 5 rings (SSSR count). The summed E-state index contributed by atoms with van der Waals surface area (Å²) < 4.78 is 5.66. The molecule has 0 saturated heterocycles. The van der Waals surface area contributed by atoms with E-state index < -0.39 is 0 Å². The van der Waals surface area contributed by atoms with Crippen LogP contribution in [0.15, 0.2) is 59.1 Å². The first-order valence-electron chi connectivity index (χ1n) is 9.90. The molecule has 2 aliphatic carbocycles. The van der Waals surface area contributed by atoms with Crippen LogP contribution in [-0.2, 0) is 0 Å². The maximum atomic E-state index is 5.66. The molecule has 1 heterocycles. The molecule has 0 amide bonds. The number of hydrogen-bond donors (Lipinski definition) is 1. The maximum Gasteiger partial charge on any atom is 0.169 e. The molecule has 0 bridgehead atoms. The normalized spacial score (nSPS) is 18.8. The van der Waals surface area contributed by atoms with Crippen LogP contribution in [-0.4, -0.2) is 12.2 Å². The number of hydrogen-bond acceptors (Lipinski definition) is 3. The highest BCUT2D eigenvalue weighted by Gasteiger charge is 2.28. The van der Waals surface area contributed by atoms with Crippen LogP contribution in [0.1, 0.15) is 42.7 Å². The van der Waals surface area contributed by atoms with Gasteiger partial charge in [0.2, 0.25) is 0 Å². The highest BCUT2D eigenvalue weighted by Crippen LogP contribution is 2.44. The molecule has 3 nitrogen and oxygen atoms in total. The Hall–Kier alpha value is -2.81. The Bertz CT molecular complexity index is 995. The Morgan fingerprint density at radius 2 is 1.89 bits per heavy atom. The van der Waals surface area contributed by atoms with E-state index in [1.54, 1.807) is 0 Å². The van der Waals surface area contributed by atoms with Crippen LogP contribution in [0.3, 0.4) is 0 Å². The van der Waals surface area contributed by atoms with Crippen LogP contribution in [0.2, 0.25) is 0 Å². The van der Waals surface area contributed by atoms with Gasteiger partial charge in [0.1, 0.15) is 5.69 Å². The van der Waals surface area contributed by atoms with Gasteiger partial charge in [0.15, 0.2) is 5.76 Å². The summed E-state index contributed by atoms with van der Waals surface area (Å²) in [5.74, 6) is 2.21. The topological polar surface area (TPSA) is 38.1 Å². The number of aromatic nitrogens is 1. The molecule has 0 aliphatic heterocycles. The third kappa shape index (κ3) is 2.87. The van der Waals surface area contributed by atoms with E-state index in [0.29, 0.717) is 5.92 Å². The van der Waals surface area contributed by atoms with E-state index in [4.69, 9.17) is 4.52 Å². The standard InChI is InChI=1S/C24H24N2O/c1-25-22-9-5-4-8-21(22)24-15-23(26-27-24)18-11-13-20-17(14-18)10-12-19(20)16-6-2-3-7-16/h4-5,8-16,19,25H,2-3,6-7H2,1H3. The third-order valence-electron chi connectivity index (χ3n) is 6.10. The van der Waals surface area contributed by atoms with E-state index in [1.807, 2.05) is 37.4 Å². The van der Waals surface area contributed by atoms with Crippen molar-refractivity contribution in [3.8, 4) is 22.6 Å². The average molecular weight is 356 g/mol. The molecular formula is C24H24N2O. The van der Waals surface area contributed by atoms with Gasteiger partial charge >= 0.3 is 0 Å². The Labute approximate surface area is 160 Å². The summed E-state index contributed by atoms with van der Waals surface area (Å²) in [4.78, 5) is 0. The van der Waals surface area contributed by atoms with E-state index in [0.717, 1.165) is 34.2 Å². The van der Waals surface area contributed by atoms with Gasteiger partial charge in [-0.3, -0.25) is 0 Å². The van der Waals surface area contributed by atoms with Crippen molar-refractivity contribution in [2.75, 3.05) is 12.4 Å². The van der Waals surface area contributed by atoms with Gasteiger partial charge in [0.25, 0.3) is 0 Å². The second-order valence-electron chi connectivity index (χ2n) is 7.65. The van der Waals surface area contributed by atoms with Crippen molar-refractivity contribution in [1.29, 1.82) is 0 Å². The van der Waals surface area contributed by atoms with E-state index in [2.05, 4.69) is 40.8 Å². The fraction of sp³-hybridized carbons (Fsp3) is 0.292. The quantitative estimate of drug-likeness (QED) is 0.592. The lowest BCUT2D eigenvalue weighted by Crippen LogP contribution is -2.05. The van der Waals surface area contributed by atoms with Crippen molar-refractivity contribution in [1.82, 2.24) is 5.16 Å². The molecule has 2 aliphatic rings. The van der Waals surface area contributed by atoms with Gasteiger partial charge in [-0.15, -0.1) is 0 Å². The zero-order valence-electron chi connectivity index (χ0n) is 15.6. The summed E-state index contributed by atoms with van der Waals surface area (Å²) in [6.45, 7) is 0. The molecular weight excluding hydrogens is 332 g/mol. The lowest BCUT2D eigenvalue weighted by Gasteiger charge is -2.18. The lowest BCUT2D eigenvalue weighted by molar-refractivity contribution is 0.435. The molecule has 1 saturated carbocycles. The molecule has 1 atom stereocenters. The Morgan fingerprint density at radius 1 is 1.04 bits per heavy atom. The first-order chi connectivity index (χ1) is 13.3. The zero-order valence-corrected chi connectivity index (χ0v) is 15.6. The Balaban J connectivity index is 1.45. The largest absolute Gasteiger partial charge is 0.388 e. The predicted octanol–water partition coefficient (Wildman–Crippen LogP) is 6.35. The number of para-hydroxylation sites is 1. The summed E-state index contributed by atoms with van der Waals surface area (Å²) >= 11 is 0. The lowest BCUT2D eigenvalue weighted by atomic mass is 9.86. The fourth-order valence-electron chi connectivity index (χ4n) is 4.67. The molecule has 27 heavy (non-hydrogen) atoms. The van der Waals surface area contributed by atoms with Gasteiger partial charge in [-0.2, -0.15) is 0 Å². The van der Waals surface area contributed by atoms with Gasteiger partial charge in [0.05, 0.1) is 0 Å². The van der Waals surface area contributed by atoms with E-state index in [9.17, 15) is 0 Å².